The molecule has 0 amide bonds. The molecule has 0 atom stereocenters. The van der Waals surface area contributed by atoms with Crippen molar-refractivity contribution in [3.63, 3.8) is 0 Å². The molecule has 0 aromatic heterocycles. The Balaban J connectivity index is 1.78. The number of carbonyl (C=O) groups excluding carboxylic acids is 1. The number of rotatable bonds is 4. The Labute approximate surface area is 180 Å². The fourth-order valence-electron chi connectivity index (χ4n) is 3.69. The fraction of sp³-hybridized carbons (Fsp3) is 0.120. The summed E-state index contributed by atoms with van der Waals surface area (Å²) in [5, 5.41) is 10.4. The lowest BCUT2D eigenvalue weighted by Crippen LogP contribution is -2.14. The largest absolute Gasteiger partial charge is 0.423 e. The molecule has 32 heavy (non-hydrogen) atoms. The van der Waals surface area contributed by atoms with Gasteiger partial charge in [-0.25, -0.2) is 22.4 Å². The highest BCUT2D eigenvalue weighted by atomic mass is 19.1. The first kappa shape index (κ1) is 21.3. The molecule has 0 fully saturated rings. The lowest BCUT2D eigenvalue weighted by Gasteiger charge is -2.11. The molecule has 0 unspecified atom stereocenters. The van der Waals surface area contributed by atoms with Crippen molar-refractivity contribution in [2.24, 2.45) is 0 Å². The summed E-state index contributed by atoms with van der Waals surface area (Å²) in [6, 6.07) is 12.3. The van der Waals surface area contributed by atoms with Crippen molar-refractivity contribution in [2.45, 2.75) is 19.8 Å². The molecule has 0 bridgehead atoms. The van der Waals surface area contributed by atoms with E-state index in [9.17, 15) is 18.0 Å². The van der Waals surface area contributed by atoms with Crippen LogP contribution in [0.25, 0.3) is 21.5 Å². The van der Waals surface area contributed by atoms with Gasteiger partial charge in [-0.15, -0.1) is 0 Å². The van der Waals surface area contributed by atoms with Gasteiger partial charge in [-0.05, 0) is 34.2 Å². The van der Waals surface area contributed by atoms with Crippen molar-refractivity contribution in [3.8, 4) is 11.8 Å². The Kier molecular flexibility index (Phi) is 5.54. The van der Waals surface area contributed by atoms with Crippen LogP contribution in [-0.2, 0) is 6.42 Å². The smallest absolute Gasteiger partial charge is 0.349 e. The molecule has 0 saturated heterocycles. The number of benzene rings is 4. The van der Waals surface area contributed by atoms with Crippen molar-refractivity contribution in [1.82, 2.24) is 0 Å². The standard InChI is InChI=1S/C25H15F4NO2/c1-2-3-13-4-6-16-14(8-13)5-7-17-18(16)11-22(28)23(24(17)29)25(31)32-15-9-20(26)19(12-30)21(27)10-15/h4-11H,2-3H2,1H3. The Morgan fingerprint density at radius 1 is 0.906 bits per heavy atom. The van der Waals surface area contributed by atoms with Crippen molar-refractivity contribution in [3.05, 3.63) is 88.5 Å². The molecule has 3 nitrogen and oxygen atoms in total. The molecule has 160 valence electrons. The van der Waals surface area contributed by atoms with Crippen LogP contribution in [0.3, 0.4) is 0 Å². The van der Waals surface area contributed by atoms with Gasteiger partial charge < -0.3 is 4.74 Å². The molecule has 7 heteroatoms. The summed E-state index contributed by atoms with van der Waals surface area (Å²) in [6.07, 6.45) is 1.83. The molecule has 0 aliphatic rings. The molecule has 0 saturated carbocycles. The monoisotopic (exact) mass is 437 g/mol. The van der Waals surface area contributed by atoms with Gasteiger partial charge in [-0.1, -0.05) is 43.7 Å². The molecular formula is C25H15F4NO2. The lowest BCUT2D eigenvalue weighted by molar-refractivity contribution is 0.0724. The highest BCUT2D eigenvalue weighted by molar-refractivity contribution is 6.10. The number of nitriles is 1. The molecule has 4 aromatic rings. The number of nitrogens with zero attached hydrogens (tertiary/aromatic N) is 1. The van der Waals surface area contributed by atoms with Crippen LogP contribution in [0.1, 0.15) is 34.8 Å². The summed E-state index contributed by atoms with van der Waals surface area (Å²) in [5.41, 5.74) is -0.742. The number of ether oxygens (including phenoxy) is 1. The minimum atomic E-state index is -1.45. The van der Waals surface area contributed by atoms with Gasteiger partial charge in [0.05, 0.1) is 0 Å². The summed E-state index contributed by atoms with van der Waals surface area (Å²) in [7, 11) is 0. The van der Waals surface area contributed by atoms with Crippen molar-refractivity contribution in [1.29, 1.82) is 5.26 Å². The highest BCUT2D eigenvalue weighted by Crippen LogP contribution is 2.32. The fourth-order valence-corrected chi connectivity index (χ4v) is 3.69. The van der Waals surface area contributed by atoms with E-state index in [0.717, 1.165) is 29.9 Å². The zero-order valence-electron chi connectivity index (χ0n) is 16.8. The molecule has 0 N–H and O–H groups in total. The summed E-state index contributed by atoms with van der Waals surface area (Å²) in [5.74, 6) is -6.90. The number of aryl methyl sites for hydroxylation is 1. The average molecular weight is 437 g/mol. The van der Waals surface area contributed by atoms with Crippen molar-refractivity contribution in [2.75, 3.05) is 0 Å². The first-order valence-electron chi connectivity index (χ1n) is 9.78. The molecule has 0 aliphatic heterocycles. The summed E-state index contributed by atoms with van der Waals surface area (Å²) in [4.78, 5) is 12.4. The quantitative estimate of drug-likeness (QED) is 0.157. The second-order valence-corrected chi connectivity index (χ2v) is 7.28. The van der Waals surface area contributed by atoms with E-state index in [0.29, 0.717) is 17.5 Å². The second-order valence-electron chi connectivity index (χ2n) is 7.28. The predicted octanol–water partition coefficient (Wildman–Crippen LogP) is 6.59. The Bertz CT molecular complexity index is 1420. The summed E-state index contributed by atoms with van der Waals surface area (Å²) in [6.45, 7) is 2.05. The Hall–Kier alpha value is -3.92. The minimum Gasteiger partial charge on any atom is -0.423 e. The van der Waals surface area contributed by atoms with Crippen LogP contribution >= 0.6 is 0 Å². The Morgan fingerprint density at radius 2 is 1.59 bits per heavy atom. The van der Waals surface area contributed by atoms with Gasteiger partial charge in [-0.3, -0.25) is 0 Å². The van der Waals surface area contributed by atoms with Crippen molar-refractivity contribution < 1.29 is 27.1 Å². The van der Waals surface area contributed by atoms with Crippen LogP contribution in [0.15, 0.2) is 48.5 Å². The van der Waals surface area contributed by atoms with E-state index in [-0.39, 0.29) is 10.8 Å². The SMILES string of the molecule is CCCc1ccc2c(ccc3c(F)c(C(=O)Oc4cc(F)c(C#N)c(F)c4)c(F)cc32)c1. The van der Waals surface area contributed by atoms with E-state index in [1.807, 2.05) is 12.1 Å². The molecule has 0 radical (unpaired) electrons. The van der Waals surface area contributed by atoms with Crippen molar-refractivity contribution >= 4 is 27.5 Å². The number of esters is 1. The van der Waals surface area contributed by atoms with Crippen LogP contribution in [0.2, 0.25) is 0 Å². The first-order chi connectivity index (χ1) is 15.3. The highest BCUT2D eigenvalue weighted by Gasteiger charge is 2.24. The van der Waals surface area contributed by atoms with Crippen LogP contribution in [-0.4, -0.2) is 5.97 Å². The van der Waals surface area contributed by atoms with Gasteiger partial charge in [0.1, 0.15) is 46.2 Å². The first-order valence-corrected chi connectivity index (χ1v) is 9.78. The molecular weight excluding hydrogens is 422 g/mol. The molecule has 4 aromatic carbocycles. The predicted molar refractivity (Wildman–Crippen MR) is 111 cm³/mol. The normalized spacial score (nSPS) is 11.0. The van der Waals surface area contributed by atoms with Gasteiger partial charge in [0, 0.05) is 17.5 Å². The van der Waals surface area contributed by atoms with Gasteiger partial charge in [0.15, 0.2) is 0 Å². The van der Waals surface area contributed by atoms with E-state index < -0.39 is 46.1 Å². The Morgan fingerprint density at radius 3 is 2.25 bits per heavy atom. The average Bonchev–Trinajstić information content (AvgIpc) is 2.73. The van der Waals surface area contributed by atoms with Crippen LogP contribution in [0.4, 0.5) is 17.6 Å². The van der Waals surface area contributed by atoms with E-state index in [1.54, 1.807) is 12.1 Å². The third-order valence-electron chi connectivity index (χ3n) is 5.17. The zero-order valence-corrected chi connectivity index (χ0v) is 16.8. The van der Waals surface area contributed by atoms with E-state index in [2.05, 4.69) is 6.92 Å². The van der Waals surface area contributed by atoms with Gasteiger partial charge in [0.25, 0.3) is 0 Å². The van der Waals surface area contributed by atoms with Gasteiger partial charge in [0.2, 0.25) is 0 Å². The minimum absolute atomic E-state index is 0.00582. The van der Waals surface area contributed by atoms with Gasteiger partial charge >= 0.3 is 5.97 Å². The molecule has 0 spiro atoms. The molecule has 4 rings (SSSR count). The maximum Gasteiger partial charge on any atom is 0.349 e. The summed E-state index contributed by atoms with van der Waals surface area (Å²) < 4.78 is 62.3. The maximum atomic E-state index is 15.2. The second kappa shape index (κ2) is 8.31. The molecule has 0 heterocycles. The lowest BCUT2D eigenvalue weighted by atomic mass is 9.97. The number of fused-ring (bicyclic) bond motifs is 3. The number of hydrogen-bond donors (Lipinski definition) is 0. The number of carbonyl (C=O) groups is 1. The third kappa shape index (κ3) is 3.65. The van der Waals surface area contributed by atoms with Gasteiger partial charge in [-0.2, -0.15) is 5.26 Å². The van der Waals surface area contributed by atoms with E-state index in [4.69, 9.17) is 10.00 Å². The third-order valence-corrected chi connectivity index (χ3v) is 5.17. The van der Waals surface area contributed by atoms with Crippen LogP contribution in [0, 0.1) is 34.6 Å². The van der Waals surface area contributed by atoms with Crippen LogP contribution in [0.5, 0.6) is 5.75 Å². The zero-order chi connectivity index (χ0) is 23.0. The van der Waals surface area contributed by atoms with Crippen LogP contribution < -0.4 is 4.74 Å². The number of halogens is 4. The summed E-state index contributed by atoms with van der Waals surface area (Å²) >= 11 is 0. The molecule has 0 aliphatic carbocycles. The topological polar surface area (TPSA) is 50.1 Å². The van der Waals surface area contributed by atoms with E-state index >= 15 is 4.39 Å². The number of hydrogen-bond acceptors (Lipinski definition) is 3. The van der Waals surface area contributed by atoms with E-state index in [1.165, 1.54) is 12.1 Å². The maximum absolute atomic E-state index is 15.2.